The first kappa shape index (κ1) is 23.3. The van der Waals surface area contributed by atoms with Crippen LogP contribution in [0.5, 0.6) is 0 Å². The van der Waals surface area contributed by atoms with Gasteiger partial charge in [-0.2, -0.15) is 0 Å². The van der Waals surface area contributed by atoms with E-state index < -0.39 is 10.0 Å². The second kappa shape index (κ2) is 10.3. The van der Waals surface area contributed by atoms with Crippen LogP contribution in [-0.2, 0) is 21.2 Å². The fourth-order valence-corrected chi connectivity index (χ4v) is 4.85. The van der Waals surface area contributed by atoms with Crippen LogP contribution < -0.4 is 4.72 Å². The van der Waals surface area contributed by atoms with E-state index >= 15 is 0 Å². The fourth-order valence-electron chi connectivity index (χ4n) is 4.02. The van der Waals surface area contributed by atoms with Crippen LogP contribution in [0.3, 0.4) is 0 Å². The minimum atomic E-state index is -3.41. The Morgan fingerprint density at radius 3 is 2.55 bits per heavy atom. The lowest BCUT2D eigenvalue weighted by molar-refractivity contribution is 0.0400. The van der Waals surface area contributed by atoms with Gasteiger partial charge in [0.2, 0.25) is 10.0 Å². The summed E-state index contributed by atoms with van der Waals surface area (Å²) in [4.78, 5) is 14.6. The third-order valence-corrected chi connectivity index (χ3v) is 6.47. The number of rotatable bonds is 7. The average molecular weight is 445 g/mol. The number of ether oxygens (including phenoxy) is 1. The highest BCUT2D eigenvalue weighted by atomic mass is 32.2. The summed E-state index contributed by atoms with van der Waals surface area (Å²) in [5.41, 5.74) is 3.26. The largest absolute Gasteiger partial charge is 0.446 e. The van der Waals surface area contributed by atoms with Crippen molar-refractivity contribution in [3.63, 3.8) is 0 Å². The van der Waals surface area contributed by atoms with Gasteiger partial charge in [0.05, 0.1) is 12.3 Å². The van der Waals surface area contributed by atoms with Gasteiger partial charge in [-0.25, -0.2) is 17.9 Å². The Labute approximate surface area is 185 Å². The van der Waals surface area contributed by atoms with Crippen LogP contribution in [0.25, 0.3) is 11.1 Å². The van der Waals surface area contributed by atoms with Gasteiger partial charge in [0, 0.05) is 12.6 Å². The maximum Gasteiger partial charge on any atom is 0.410 e. The maximum absolute atomic E-state index is 12.9. The SMILES string of the molecule is CCC(C)OC(=O)N1CCC[C@@H](NS(C)(=O)=O)[C@H]1Cc1cccc(-c2ccccc2)c1. The number of sulfonamides is 1. The molecule has 2 aromatic rings. The van der Waals surface area contributed by atoms with Crippen molar-refractivity contribution in [3.05, 3.63) is 60.2 Å². The third kappa shape index (κ3) is 6.55. The first-order valence-electron chi connectivity index (χ1n) is 10.9. The highest BCUT2D eigenvalue weighted by molar-refractivity contribution is 7.88. The zero-order chi connectivity index (χ0) is 22.4. The molecule has 0 aromatic heterocycles. The first-order valence-corrected chi connectivity index (χ1v) is 12.7. The van der Waals surface area contributed by atoms with Crippen molar-refractivity contribution in [1.29, 1.82) is 0 Å². The van der Waals surface area contributed by atoms with Gasteiger partial charge in [-0.3, -0.25) is 0 Å². The molecule has 0 spiro atoms. The zero-order valence-corrected chi connectivity index (χ0v) is 19.3. The van der Waals surface area contributed by atoms with Crippen molar-refractivity contribution in [2.45, 2.75) is 57.7 Å². The predicted octanol–water partition coefficient (Wildman–Crippen LogP) is 4.21. The van der Waals surface area contributed by atoms with E-state index in [1.54, 1.807) is 4.90 Å². The van der Waals surface area contributed by atoms with Crippen LogP contribution in [0.4, 0.5) is 4.79 Å². The Hall–Kier alpha value is -2.38. The lowest BCUT2D eigenvalue weighted by Gasteiger charge is -2.41. The van der Waals surface area contributed by atoms with E-state index in [0.29, 0.717) is 19.4 Å². The molecule has 0 radical (unpaired) electrons. The molecular formula is C24H32N2O4S. The lowest BCUT2D eigenvalue weighted by Crippen LogP contribution is -2.58. The van der Waals surface area contributed by atoms with Crippen molar-refractivity contribution in [2.75, 3.05) is 12.8 Å². The van der Waals surface area contributed by atoms with Crippen LogP contribution in [-0.4, -0.2) is 50.4 Å². The molecule has 1 saturated heterocycles. The molecule has 1 fully saturated rings. The Morgan fingerprint density at radius 1 is 1.16 bits per heavy atom. The summed E-state index contributed by atoms with van der Waals surface area (Å²) in [6.45, 7) is 4.39. The molecule has 0 aliphatic carbocycles. The van der Waals surface area contributed by atoms with Gasteiger partial charge in [0.25, 0.3) is 0 Å². The Kier molecular flexibility index (Phi) is 7.73. The molecule has 1 aliphatic rings. The number of hydrogen-bond donors (Lipinski definition) is 1. The Bertz CT molecular complexity index is 978. The second-order valence-corrected chi connectivity index (χ2v) is 10.1. The average Bonchev–Trinajstić information content (AvgIpc) is 2.74. The number of nitrogens with zero attached hydrogens (tertiary/aromatic N) is 1. The standard InChI is InChI=1S/C24H32N2O4S/c1-4-18(2)30-24(27)26-15-9-14-22(25-31(3,28)29)23(26)17-19-10-8-13-21(16-19)20-11-6-5-7-12-20/h5-8,10-13,16,18,22-23,25H,4,9,14-15,17H2,1-3H3/t18?,22-,23-/m1/s1. The summed E-state index contributed by atoms with van der Waals surface area (Å²) in [6, 6.07) is 17.6. The molecular weight excluding hydrogens is 412 g/mol. The number of nitrogens with one attached hydrogen (secondary N) is 1. The van der Waals surface area contributed by atoms with Gasteiger partial charge in [-0.15, -0.1) is 0 Å². The summed E-state index contributed by atoms with van der Waals surface area (Å²) < 4.78 is 32.3. The number of hydrogen-bond acceptors (Lipinski definition) is 4. The molecule has 1 aliphatic heterocycles. The van der Waals surface area contributed by atoms with Gasteiger partial charge in [-0.05, 0) is 49.3 Å². The maximum atomic E-state index is 12.9. The van der Waals surface area contributed by atoms with E-state index in [-0.39, 0.29) is 24.3 Å². The smallest absolute Gasteiger partial charge is 0.410 e. The van der Waals surface area contributed by atoms with Crippen molar-refractivity contribution in [2.24, 2.45) is 0 Å². The predicted molar refractivity (Wildman–Crippen MR) is 123 cm³/mol. The normalized spacial score (nSPS) is 20.3. The first-order chi connectivity index (χ1) is 14.8. The zero-order valence-electron chi connectivity index (χ0n) is 18.5. The van der Waals surface area contributed by atoms with Gasteiger partial charge in [0.15, 0.2) is 0 Å². The molecule has 1 N–H and O–H groups in total. The van der Waals surface area contributed by atoms with Crippen molar-refractivity contribution < 1.29 is 17.9 Å². The van der Waals surface area contributed by atoms with Crippen molar-refractivity contribution in [3.8, 4) is 11.1 Å². The number of carbonyl (C=O) groups excluding carboxylic acids is 1. The van der Waals surface area contributed by atoms with E-state index in [2.05, 4.69) is 29.0 Å². The number of piperidine rings is 1. The molecule has 1 amide bonds. The molecule has 31 heavy (non-hydrogen) atoms. The van der Waals surface area contributed by atoms with Crippen LogP contribution >= 0.6 is 0 Å². The molecule has 3 atom stereocenters. The lowest BCUT2D eigenvalue weighted by atomic mass is 9.90. The molecule has 0 bridgehead atoms. The number of amides is 1. The molecule has 2 aromatic carbocycles. The third-order valence-electron chi connectivity index (χ3n) is 5.73. The molecule has 3 rings (SSSR count). The topological polar surface area (TPSA) is 75.7 Å². The van der Waals surface area contributed by atoms with E-state index in [1.807, 2.05) is 44.2 Å². The number of benzene rings is 2. The second-order valence-electron chi connectivity index (χ2n) is 8.27. The van der Waals surface area contributed by atoms with Gasteiger partial charge in [-0.1, -0.05) is 61.5 Å². The molecule has 1 heterocycles. The highest BCUT2D eigenvalue weighted by Gasteiger charge is 2.37. The molecule has 6 nitrogen and oxygen atoms in total. The quantitative estimate of drug-likeness (QED) is 0.694. The number of likely N-dealkylation sites (tertiary alicyclic amines) is 1. The summed E-state index contributed by atoms with van der Waals surface area (Å²) in [5.74, 6) is 0. The molecule has 7 heteroatoms. The van der Waals surface area contributed by atoms with Gasteiger partial charge in [0.1, 0.15) is 6.10 Å². The molecule has 0 saturated carbocycles. The Balaban J connectivity index is 1.88. The van der Waals surface area contributed by atoms with E-state index in [0.717, 1.165) is 35.8 Å². The highest BCUT2D eigenvalue weighted by Crippen LogP contribution is 2.26. The summed E-state index contributed by atoms with van der Waals surface area (Å²) in [7, 11) is -3.41. The van der Waals surface area contributed by atoms with Crippen molar-refractivity contribution in [1.82, 2.24) is 9.62 Å². The van der Waals surface area contributed by atoms with E-state index in [4.69, 9.17) is 4.74 Å². The fraction of sp³-hybridized carbons (Fsp3) is 0.458. The van der Waals surface area contributed by atoms with Gasteiger partial charge >= 0.3 is 6.09 Å². The van der Waals surface area contributed by atoms with Crippen LogP contribution in [0, 0.1) is 0 Å². The minimum absolute atomic E-state index is 0.183. The monoisotopic (exact) mass is 444 g/mol. The van der Waals surface area contributed by atoms with E-state index in [9.17, 15) is 13.2 Å². The molecule has 168 valence electrons. The summed E-state index contributed by atoms with van der Waals surface area (Å²) in [6.07, 6.45) is 3.29. The van der Waals surface area contributed by atoms with Crippen LogP contribution in [0.15, 0.2) is 54.6 Å². The van der Waals surface area contributed by atoms with Crippen LogP contribution in [0.1, 0.15) is 38.7 Å². The molecule has 1 unspecified atom stereocenters. The Morgan fingerprint density at radius 2 is 1.87 bits per heavy atom. The van der Waals surface area contributed by atoms with Gasteiger partial charge < -0.3 is 9.64 Å². The number of carbonyl (C=O) groups is 1. The summed E-state index contributed by atoms with van der Waals surface area (Å²) in [5, 5.41) is 0. The summed E-state index contributed by atoms with van der Waals surface area (Å²) >= 11 is 0. The van der Waals surface area contributed by atoms with Crippen LogP contribution in [0.2, 0.25) is 0 Å². The minimum Gasteiger partial charge on any atom is -0.446 e. The van der Waals surface area contributed by atoms with E-state index in [1.165, 1.54) is 0 Å². The van der Waals surface area contributed by atoms with Crippen molar-refractivity contribution >= 4 is 16.1 Å².